The highest BCUT2D eigenvalue weighted by Crippen LogP contribution is 2.31. The van der Waals surface area contributed by atoms with Crippen LogP contribution in [-0.4, -0.2) is 15.5 Å². The number of aromatic nitrogens is 2. The molecule has 1 aromatic carbocycles. The first-order valence-corrected chi connectivity index (χ1v) is 8.72. The van der Waals surface area contributed by atoms with Gasteiger partial charge in [-0.2, -0.15) is 13.2 Å². The molecule has 0 aliphatic heterocycles. The number of alkyl halides is 3. The second-order valence-electron chi connectivity index (χ2n) is 6.69. The van der Waals surface area contributed by atoms with E-state index in [1.54, 1.807) is 6.07 Å². The molecule has 0 atom stereocenters. The van der Waals surface area contributed by atoms with Gasteiger partial charge in [-0.15, -0.1) is 0 Å². The van der Waals surface area contributed by atoms with Gasteiger partial charge in [-0.05, 0) is 51.1 Å². The van der Waals surface area contributed by atoms with Crippen molar-refractivity contribution in [3.63, 3.8) is 0 Å². The van der Waals surface area contributed by atoms with E-state index in [-0.39, 0.29) is 12.1 Å². The minimum absolute atomic E-state index is 0.0779. The summed E-state index contributed by atoms with van der Waals surface area (Å²) in [5.41, 5.74) is 3.01. The maximum Gasteiger partial charge on any atom is 0.416 e. The van der Waals surface area contributed by atoms with Crippen molar-refractivity contribution < 1.29 is 18.0 Å². The number of pyridine rings is 1. The van der Waals surface area contributed by atoms with Crippen LogP contribution in [0.25, 0.3) is 5.69 Å². The van der Waals surface area contributed by atoms with Crippen molar-refractivity contribution in [1.82, 2.24) is 14.9 Å². The Morgan fingerprint density at radius 2 is 1.75 bits per heavy atom. The zero-order valence-electron chi connectivity index (χ0n) is 15.8. The third kappa shape index (κ3) is 3.93. The molecule has 0 saturated heterocycles. The summed E-state index contributed by atoms with van der Waals surface area (Å²) < 4.78 is 41.4. The predicted molar refractivity (Wildman–Crippen MR) is 100 cm³/mol. The standard InChI is InChI=1S/C21H20F3N3O/c1-13-4-7-19(27-14(2)5-6-15(27)3)17(10-13)20(28)26-12-16-11-25-9-8-18(16)21(22,23)24/h4-11H,12H2,1-3H3,(H,26,28). The van der Waals surface area contributed by atoms with Gasteiger partial charge in [0.2, 0.25) is 0 Å². The SMILES string of the molecule is Cc1ccc(-n2c(C)ccc2C)c(C(=O)NCc2cnccc2C(F)(F)F)c1. The van der Waals surface area contributed by atoms with Crippen LogP contribution in [0.1, 0.15) is 38.4 Å². The number of carbonyl (C=O) groups is 1. The second-order valence-corrected chi connectivity index (χ2v) is 6.69. The molecular formula is C21H20F3N3O. The molecule has 0 fully saturated rings. The highest BCUT2D eigenvalue weighted by Gasteiger charge is 2.33. The van der Waals surface area contributed by atoms with Crippen molar-refractivity contribution in [3.8, 4) is 5.69 Å². The number of aryl methyl sites for hydroxylation is 3. The Labute approximate surface area is 161 Å². The van der Waals surface area contributed by atoms with Gasteiger partial charge >= 0.3 is 6.18 Å². The summed E-state index contributed by atoms with van der Waals surface area (Å²) in [6, 6.07) is 10.3. The number of hydrogen-bond acceptors (Lipinski definition) is 2. The smallest absolute Gasteiger partial charge is 0.348 e. The number of hydrogen-bond donors (Lipinski definition) is 1. The molecular weight excluding hydrogens is 367 g/mol. The van der Waals surface area contributed by atoms with Gasteiger partial charge in [0.15, 0.2) is 0 Å². The fraction of sp³-hybridized carbons (Fsp3) is 0.238. The molecule has 0 saturated carbocycles. The minimum atomic E-state index is -4.50. The summed E-state index contributed by atoms with van der Waals surface area (Å²) in [4.78, 5) is 16.6. The molecule has 0 aliphatic carbocycles. The molecule has 3 rings (SSSR count). The Bertz CT molecular complexity index is 1000. The molecule has 4 nitrogen and oxygen atoms in total. The fourth-order valence-corrected chi connectivity index (χ4v) is 3.19. The molecule has 0 spiro atoms. The van der Waals surface area contributed by atoms with Crippen LogP contribution in [0.15, 0.2) is 48.8 Å². The Morgan fingerprint density at radius 1 is 1.07 bits per heavy atom. The van der Waals surface area contributed by atoms with Gasteiger partial charge in [-0.1, -0.05) is 11.6 Å². The van der Waals surface area contributed by atoms with Crippen LogP contribution < -0.4 is 5.32 Å². The normalized spacial score (nSPS) is 11.5. The third-order valence-corrected chi connectivity index (χ3v) is 4.56. The zero-order valence-corrected chi connectivity index (χ0v) is 15.8. The summed E-state index contributed by atoms with van der Waals surface area (Å²) in [6.07, 6.45) is -2.29. The van der Waals surface area contributed by atoms with Crippen molar-refractivity contribution in [2.75, 3.05) is 0 Å². The third-order valence-electron chi connectivity index (χ3n) is 4.56. The van der Waals surface area contributed by atoms with Gasteiger partial charge in [0, 0.05) is 35.9 Å². The monoisotopic (exact) mass is 387 g/mol. The average molecular weight is 387 g/mol. The van der Waals surface area contributed by atoms with Crippen molar-refractivity contribution in [2.45, 2.75) is 33.5 Å². The van der Waals surface area contributed by atoms with Gasteiger partial charge in [-0.25, -0.2) is 0 Å². The van der Waals surface area contributed by atoms with Crippen LogP contribution in [-0.2, 0) is 12.7 Å². The second kappa shape index (κ2) is 7.50. The van der Waals surface area contributed by atoms with Crippen LogP contribution in [0.4, 0.5) is 13.2 Å². The molecule has 3 aromatic rings. The van der Waals surface area contributed by atoms with Gasteiger partial charge < -0.3 is 9.88 Å². The van der Waals surface area contributed by atoms with Crippen molar-refractivity contribution in [1.29, 1.82) is 0 Å². The lowest BCUT2D eigenvalue weighted by molar-refractivity contribution is -0.138. The van der Waals surface area contributed by atoms with E-state index in [1.165, 1.54) is 0 Å². The Kier molecular flexibility index (Phi) is 5.27. The number of rotatable bonds is 4. The van der Waals surface area contributed by atoms with Crippen LogP contribution in [0.2, 0.25) is 0 Å². The molecule has 0 aliphatic rings. The maximum absolute atomic E-state index is 13.1. The Balaban J connectivity index is 1.92. The number of benzene rings is 1. The number of halogens is 3. The fourth-order valence-electron chi connectivity index (χ4n) is 3.19. The van der Waals surface area contributed by atoms with Crippen molar-refractivity contribution in [2.24, 2.45) is 0 Å². The molecule has 28 heavy (non-hydrogen) atoms. The van der Waals surface area contributed by atoms with Gasteiger partial charge in [0.05, 0.1) is 16.8 Å². The van der Waals surface area contributed by atoms with E-state index in [0.29, 0.717) is 11.3 Å². The summed E-state index contributed by atoms with van der Waals surface area (Å²) in [5, 5.41) is 2.60. The minimum Gasteiger partial charge on any atom is -0.348 e. The first-order chi connectivity index (χ1) is 13.2. The van der Waals surface area contributed by atoms with E-state index >= 15 is 0 Å². The number of carbonyl (C=O) groups excluding carboxylic acids is 1. The largest absolute Gasteiger partial charge is 0.416 e. The van der Waals surface area contributed by atoms with Gasteiger partial charge in [0.1, 0.15) is 0 Å². The first kappa shape index (κ1) is 19.7. The summed E-state index contributed by atoms with van der Waals surface area (Å²) >= 11 is 0. The average Bonchev–Trinajstić information content (AvgIpc) is 2.97. The number of nitrogens with one attached hydrogen (secondary N) is 1. The summed E-state index contributed by atoms with van der Waals surface area (Å²) in [6.45, 7) is 5.46. The Hall–Kier alpha value is -3.09. The molecule has 2 heterocycles. The lowest BCUT2D eigenvalue weighted by Crippen LogP contribution is -2.26. The molecule has 1 amide bonds. The lowest BCUT2D eigenvalue weighted by atomic mass is 10.1. The van der Waals surface area contributed by atoms with Crippen molar-refractivity contribution >= 4 is 5.91 Å². The van der Waals surface area contributed by atoms with Crippen LogP contribution >= 0.6 is 0 Å². The van der Waals surface area contributed by atoms with Crippen LogP contribution in [0, 0.1) is 20.8 Å². The zero-order chi connectivity index (χ0) is 20.5. The lowest BCUT2D eigenvalue weighted by Gasteiger charge is -2.16. The Morgan fingerprint density at radius 3 is 2.39 bits per heavy atom. The molecule has 7 heteroatoms. The van der Waals surface area contributed by atoms with Gasteiger partial charge in [-0.3, -0.25) is 9.78 Å². The molecule has 2 aromatic heterocycles. The predicted octanol–water partition coefficient (Wildman–Crippen LogP) is 4.75. The van der Waals surface area contributed by atoms with Crippen molar-refractivity contribution in [3.05, 3.63) is 82.4 Å². The quantitative estimate of drug-likeness (QED) is 0.703. The topological polar surface area (TPSA) is 46.9 Å². The van der Waals surface area contributed by atoms with E-state index in [0.717, 1.165) is 35.4 Å². The molecule has 146 valence electrons. The number of nitrogens with zero attached hydrogens (tertiary/aromatic N) is 2. The van der Waals surface area contributed by atoms with E-state index in [4.69, 9.17) is 0 Å². The van der Waals surface area contributed by atoms with E-state index in [2.05, 4.69) is 10.3 Å². The molecule has 0 bridgehead atoms. The molecule has 0 unspecified atom stereocenters. The molecule has 0 radical (unpaired) electrons. The summed E-state index contributed by atoms with van der Waals surface area (Å²) in [5.74, 6) is -0.442. The summed E-state index contributed by atoms with van der Waals surface area (Å²) in [7, 11) is 0. The maximum atomic E-state index is 13.1. The highest BCUT2D eigenvalue weighted by atomic mass is 19.4. The van der Waals surface area contributed by atoms with E-state index in [1.807, 2.05) is 49.6 Å². The van der Waals surface area contributed by atoms with Crippen LogP contribution in [0.3, 0.4) is 0 Å². The van der Waals surface area contributed by atoms with Gasteiger partial charge in [0.25, 0.3) is 5.91 Å². The van der Waals surface area contributed by atoms with Crippen LogP contribution in [0.5, 0.6) is 0 Å². The molecule has 1 N–H and O–H groups in total. The first-order valence-electron chi connectivity index (χ1n) is 8.72. The number of amides is 1. The highest BCUT2D eigenvalue weighted by molar-refractivity contribution is 5.98. The van der Waals surface area contributed by atoms with E-state index in [9.17, 15) is 18.0 Å². The van der Waals surface area contributed by atoms with E-state index < -0.39 is 17.6 Å².